The van der Waals surface area contributed by atoms with Gasteiger partial charge >= 0.3 is 36.3 Å². The molecule has 0 bridgehead atoms. The first-order chi connectivity index (χ1) is 27.5. The molecule has 16 nitrogen and oxygen atoms in total. The van der Waals surface area contributed by atoms with Gasteiger partial charge in [0.05, 0.1) is 0 Å². The maximum atomic E-state index is 13.3. The number of nitrogens with one attached hydrogen (secondary N) is 4. The maximum absolute atomic E-state index is 13.3. The molecule has 4 amide bonds. The van der Waals surface area contributed by atoms with Crippen LogP contribution in [0.5, 0.6) is 0 Å². The fourth-order valence-corrected chi connectivity index (χ4v) is 10.5. The number of carbonyl (C=O) groups excluding carboxylic acids is 6. The van der Waals surface area contributed by atoms with E-state index in [2.05, 4.69) is 76.0 Å². The van der Waals surface area contributed by atoms with Crippen LogP contribution in [0.1, 0.15) is 122 Å². The SMILES string of the molecule is C=C(C)C(=O)OCCOC(=O)NC1CC(C)(C)CC(C)(CNC(=O)O[C@H]2C(C)(C)[C@H](OC(=O)NCC3(C)CC(NC(=O)OCCOC(=O)C(=C)C)CC(C)(C)C3)C2(C)C)C1. The van der Waals surface area contributed by atoms with Gasteiger partial charge < -0.3 is 49.7 Å². The van der Waals surface area contributed by atoms with E-state index in [0.29, 0.717) is 25.9 Å². The van der Waals surface area contributed by atoms with Gasteiger partial charge in [-0.3, -0.25) is 0 Å². The highest BCUT2D eigenvalue weighted by Gasteiger charge is 2.66. The lowest BCUT2D eigenvalue weighted by atomic mass is 9.51. The summed E-state index contributed by atoms with van der Waals surface area (Å²) < 4.78 is 32.4. The fraction of sp³-hybridized carbons (Fsp3) is 0.773. The molecule has 0 saturated heterocycles. The van der Waals surface area contributed by atoms with Crippen molar-refractivity contribution in [3.63, 3.8) is 0 Å². The van der Waals surface area contributed by atoms with E-state index >= 15 is 0 Å². The summed E-state index contributed by atoms with van der Waals surface area (Å²) in [6.07, 6.45) is 0.748. The van der Waals surface area contributed by atoms with Crippen LogP contribution < -0.4 is 21.3 Å². The molecule has 4 N–H and O–H groups in total. The molecule has 3 aliphatic carbocycles. The van der Waals surface area contributed by atoms with Crippen molar-refractivity contribution in [2.45, 2.75) is 146 Å². The molecule has 4 atom stereocenters. The Kier molecular flexibility index (Phi) is 16.2. The van der Waals surface area contributed by atoms with Gasteiger partial charge in [-0.1, -0.05) is 82.4 Å². The predicted octanol–water partition coefficient (Wildman–Crippen LogP) is 7.10. The van der Waals surface area contributed by atoms with Gasteiger partial charge in [0.2, 0.25) is 0 Å². The molecule has 340 valence electrons. The van der Waals surface area contributed by atoms with Gasteiger partial charge in [-0.25, -0.2) is 28.8 Å². The number of hydrogen-bond donors (Lipinski definition) is 4. The number of rotatable bonds is 16. The second-order valence-corrected chi connectivity index (χ2v) is 20.8. The van der Waals surface area contributed by atoms with Gasteiger partial charge in [0.15, 0.2) is 0 Å². The van der Waals surface area contributed by atoms with Crippen molar-refractivity contribution >= 4 is 36.3 Å². The van der Waals surface area contributed by atoms with Crippen molar-refractivity contribution in [3.05, 3.63) is 24.3 Å². The van der Waals surface area contributed by atoms with Gasteiger partial charge in [-0.05, 0) is 74.0 Å². The molecule has 0 aromatic heterocycles. The number of carbonyl (C=O) groups is 6. The molecular formula is C44H72N4O12. The zero-order valence-corrected chi connectivity index (χ0v) is 38.1. The van der Waals surface area contributed by atoms with E-state index in [0.717, 1.165) is 25.7 Å². The summed E-state index contributed by atoms with van der Waals surface area (Å²) >= 11 is 0. The van der Waals surface area contributed by atoms with Gasteiger partial charge in [0, 0.05) is 47.1 Å². The Morgan fingerprint density at radius 3 is 1.13 bits per heavy atom. The third-order valence-electron chi connectivity index (χ3n) is 11.8. The molecule has 0 heterocycles. The van der Waals surface area contributed by atoms with Crippen molar-refractivity contribution in [3.8, 4) is 0 Å². The smallest absolute Gasteiger partial charge is 0.407 e. The third-order valence-corrected chi connectivity index (χ3v) is 11.8. The average Bonchev–Trinajstić information content (AvgIpc) is 3.09. The number of amides is 4. The largest absolute Gasteiger partial charge is 0.459 e. The molecule has 0 radical (unpaired) electrons. The average molecular weight is 849 g/mol. The minimum Gasteiger partial charge on any atom is -0.459 e. The van der Waals surface area contributed by atoms with Crippen LogP contribution >= 0.6 is 0 Å². The van der Waals surface area contributed by atoms with Crippen molar-refractivity contribution in [2.75, 3.05) is 39.5 Å². The van der Waals surface area contributed by atoms with E-state index < -0.39 is 59.3 Å². The lowest BCUT2D eigenvalue weighted by molar-refractivity contribution is -0.245. The van der Waals surface area contributed by atoms with Crippen LogP contribution in [0.4, 0.5) is 19.2 Å². The van der Waals surface area contributed by atoms with Crippen LogP contribution in [0, 0.1) is 32.5 Å². The van der Waals surface area contributed by atoms with Crippen LogP contribution in [0.2, 0.25) is 0 Å². The van der Waals surface area contributed by atoms with Crippen LogP contribution in [0.25, 0.3) is 0 Å². The molecule has 60 heavy (non-hydrogen) atoms. The number of alkyl carbamates (subject to hydrolysis) is 4. The number of esters is 2. The number of hydrogen-bond acceptors (Lipinski definition) is 12. The number of ether oxygens (including phenoxy) is 6. The highest BCUT2D eigenvalue weighted by molar-refractivity contribution is 5.87. The quantitative estimate of drug-likeness (QED) is 0.0531. The fourth-order valence-electron chi connectivity index (χ4n) is 10.5. The van der Waals surface area contributed by atoms with Gasteiger partial charge in [0.1, 0.15) is 38.6 Å². The summed E-state index contributed by atoms with van der Waals surface area (Å²) in [7, 11) is 0. The Bertz CT molecular complexity index is 1510. The second kappa shape index (κ2) is 19.5. The van der Waals surface area contributed by atoms with E-state index in [9.17, 15) is 28.8 Å². The zero-order valence-electron chi connectivity index (χ0n) is 38.1. The maximum Gasteiger partial charge on any atom is 0.407 e. The Labute approximate surface area is 356 Å². The molecule has 16 heteroatoms. The molecule has 3 aliphatic rings. The van der Waals surface area contributed by atoms with Crippen LogP contribution in [-0.4, -0.2) is 100 Å². The van der Waals surface area contributed by atoms with E-state index in [4.69, 9.17) is 28.4 Å². The molecular weight excluding hydrogens is 776 g/mol. The molecule has 0 spiro atoms. The highest BCUT2D eigenvalue weighted by Crippen LogP contribution is 2.57. The Morgan fingerprint density at radius 2 is 0.817 bits per heavy atom. The van der Waals surface area contributed by atoms with Gasteiger partial charge in [-0.2, -0.15) is 0 Å². The van der Waals surface area contributed by atoms with Gasteiger partial charge in [-0.15, -0.1) is 0 Å². The summed E-state index contributed by atoms with van der Waals surface area (Å²) in [5.74, 6) is -1.10. The Hall–Kier alpha value is -4.50. The van der Waals surface area contributed by atoms with Crippen LogP contribution in [0.3, 0.4) is 0 Å². The monoisotopic (exact) mass is 849 g/mol. The molecule has 0 aromatic rings. The van der Waals surface area contributed by atoms with Crippen LogP contribution in [-0.2, 0) is 38.0 Å². The third kappa shape index (κ3) is 14.3. The Morgan fingerprint density at radius 1 is 0.500 bits per heavy atom. The molecule has 0 aromatic carbocycles. The molecule has 0 aliphatic heterocycles. The first kappa shape index (κ1) is 49.9. The van der Waals surface area contributed by atoms with E-state index in [1.54, 1.807) is 0 Å². The molecule has 3 fully saturated rings. The lowest BCUT2D eigenvalue weighted by Gasteiger charge is -2.61. The van der Waals surface area contributed by atoms with Crippen molar-refractivity contribution in [2.24, 2.45) is 32.5 Å². The summed E-state index contributed by atoms with van der Waals surface area (Å²) in [6, 6.07) is -0.412. The molecule has 4 unspecified atom stereocenters. The zero-order chi connectivity index (χ0) is 45.5. The van der Waals surface area contributed by atoms with Crippen molar-refractivity contribution in [1.82, 2.24) is 21.3 Å². The molecule has 3 saturated carbocycles. The summed E-state index contributed by atoms with van der Waals surface area (Å²) in [5.41, 5.74) is -1.87. The summed E-state index contributed by atoms with van der Waals surface area (Å²) in [6.45, 7) is 30.7. The van der Waals surface area contributed by atoms with E-state index in [-0.39, 0.29) is 71.3 Å². The predicted molar refractivity (Wildman–Crippen MR) is 224 cm³/mol. The minimum absolute atomic E-state index is 0.0748. The first-order valence-electron chi connectivity index (χ1n) is 20.9. The van der Waals surface area contributed by atoms with Gasteiger partial charge in [0.25, 0.3) is 0 Å². The summed E-state index contributed by atoms with van der Waals surface area (Å²) in [4.78, 5) is 74.9. The topological polar surface area (TPSA) is 206 Å². The van der Waals surface area contributed by atoms with E-state index in [1.807, 2.05) is 27.7 Å². The van der Waals surface area contributed by atoms with E-state index in [1.165, 1.54) is 13.8 Å². The first-order valence-corrected chi connectivity index (χ1v) is 20.9. The lowest BCUT2D eigenvalue weighted by Crippen LogP contribution is -2.70. The highest BCUT2D eigenvalue weighted by atomic mass is 16.6. The minimum atomic E-state index is -0.692. The van der Waals surface area contributed by atoms with Crippen molar-refractivity contribution in [1.29, 1.82) is 0 Å². The molecule has 3 rings (SSSR count). The normalized spacial score (nSPS) is 28.2. The second-order valence-electron chi connectivity index (χ2n) is 20.8. The standard InChI is InChI=1S/C44H72N4O12/c1-27(2)31(49)55-15-17-57-37(53)47-29-19-39(5,6)23-43(13,21-29)25-45-35(51)59-33-41(9,10)34(42(33,11)12)60-36(52)46-26-44(14)22-30(20-40(7,8)24-44)48-38(54)58-18-16-56-32(50)28(3)4/h29-30,33-34H,1,3,15-26H2,2,4-14H3,(H,45,51)(H,46,52)(H,47,53)(H,48,54)/t29?,30?,33-,34-,43?,44?. The van der Waals surface area contributed by atoms with Crippen molar-refractivity contribution < 1.29 is 57.2 Å². The summed E-state index contributed by atoms with van der Waals surface area (Å²) in [5, 5.41) is 11.8. The van der Waals surface area contributed by atoms with Crippen LogP contribution in [0.15, 0.2) is 24.3 Å². The Balaban J connectivity index is 1.48.